The SMILES string of the molecule is CCC1C(/C=N/OC)CC2C(=O)O[C@H](C)C2C1/C=C/c1ccc(-c2ccccc2F)cn1. The molecule has 0 bridgehead atoms. The number of oxime groups is 1. The standard InChI is InChI=1S/C26H29FN2O3/c1-4-20-18(15-29-31-3)13-23-25(16(2)32-26(23)30)22(20)12-11-19-10-9-17(14-28-19)21-7-5-6-8-24(21)27/h5-12,14-16,18,20,22-23,25H,4,13H2,1-3H3/b12-11+,29-15+/t16-,18?,20?,22?,23?,25?/m1/s1. The summed E-state index contributed by atoms with van der Waals surface area (Å²) in [6.45, 7) is 4.16. The normalized spacial score (nSPS) is 29.9. The number of ether oxygens (including phenoxy) is 1. The van der Waals surface area contributed by atoms with Gasteiger partial charge in [-0.05, 0) is 43.4 Å². The zero-order chi connectivity index (χ0) is 22.7. The van der Waals surface area contributed by atoms with Crippen molar-refractivity contribution in [1.29, 1.82) is 0 Å². The van der Waals surface area contributed by atoms with Crippen molar-refractivity contribution in [2.45, 2.75) is 32.8 Å². The van der Waals surface area contributed by atoms with Gasteiger partial charge in [-0.25, -0.2) is 4.39 Å². The zero-order valence-corrected chi connectivity index (χ0v) is 18.6. The molecule has 2 heterocycles. The highest BCUT2D eigenvalue weighted by Gasteiger charge is 2.52. The lowest BCUT2D eigenvalue weighted by molar-refractivity contribution is -0.144. The molecule has 0 amide bonds. The molecule has 0 radical (unpaired) electrons. The average molecular weight is 437 g/mol. The maximum Gasteiger partial charge on any atom is 0.309 e. The maximum absolute atomic E-state index is 14.1. The second kappa shape index (κ2) is 9.63. The van der Waals surface area contributed by atoms with Crippen LogP contribution in [0.2, 0.25) is 0 Å². The minimum absolute atomic E-state index is 0.112. The van der Waals surface area contributed by atoms with E-state index in [0.29, 0.717) is 11.5 Å². The fourth-order valence-electron chi connectivity index (χ4n) is 5.43. The van der Waals surface area contributed by atoms with Crippen LogP contribution in [0.25, 0.3) is 17.2 Å². The van der Waals surface area contributed by atoms with Crippen LogP contribution in [0.3, 0.4) is 0 Å². The molecule has 1 aliphatic carbocycles. The van der Waals surface area contributed by atoms with Crippen LogP contribution in [0, 0.1) is 35.4 Å². The van der Waals surface area contributed by atoms with E-state index in [4.69, 9.17) is 9.57 Å². The van der Waals surface area contributed by atoms with Crippen LogP contribution in [0.15, 0.2) is 53.8 Å². The summed E-state index contributed by atoms with van der Waals surface area (Å²) in [5.74, 6) is 0.243. The third kappa shape index (κ3) is 4.31. The van der Waals surface area contributed by atoms with Gasteiger partial charge in [-0.3, -0.25) is 9.78 Å². The molecule has 2 aromatic rings. The largest absolute Gasteiger partial charge is 0.462 e. The van der Waals surface area contributed by atoms with Gasteiger partial charge in [0, 0.05) is 35.4 Å². The van der Waals surface area contributed by atoms with Gasteiger partial charge < -0.3 is 9.57 Å². The zero-order valence-electron chi connectivity index (χ0n) is 18.6. The number of carbonyl (C=O) groups excluding carboxylic acids is 1. The van der Waals surface area contributed by atoms with Gasteiger partial charge in [0.25, 0.3) is 0 Å². The van der Waals surface area contributed by atoms with Crippen LogP contribution >= 0.6 is 0 Å². The Morgan fingerprint density at radius 2 is 2.09 bits per heavy atom. The lowest BCUT2D eigenvalue weighted by Crippen LogP contribution is -2.41. The number of allylic oxidation sites excluding steroid dienone is 1. The number of rotatable bonds is 6. The summed E-state index contributed by atoms with van der Waals surface area (Å²) in [6, 6.07) is 10.5. The second-order valence-electron chi connectivity index (χ2n) is 8.62. The second-order valence-corrected chi connectivity index (χ2v) is 8.62. The Labute approximate surface area is 188 Å². The quantitative estimate of drug-likeness (QED) is 0.347. The number of hydrogen-bond donors (Lipinski definition) is 0. The Hall–Kier alpha value is -3.02. The molecule has 5 unspecified atom stereocenters. The average Bonchev–Trinajstić information content (AvgIpc) is 3.09. The number of aromatic nitrogens is 1. The fraction of sp³-hybridized carbons (Fsp3) is 0.423. The molecule has 1 aromatic heterocycles. The van der Waals surface area contributed by atoms with E-state index in [1.165, 1.54) is 13.2 Å². The van der Waals surface area contributed by atoms with Gasteiger partial charge in [-0.1, -0.05) is 48.8 Å². The topological polar surface area (TPSA) is 60.8 Å². The van der Waals surface area contributed by atoms with E-state index in [1.807, 2.05) is 37.4 Å². The van der Waals surface area contributed by atoms with Crippen molar-refractivity contribution < 1.29 is 18.8 Å². The van der Waals surface area contributed by atoms with Gasteiger partial charge in [-0.2, -0.15) is 0 Å². The van der Waals surface area contributed by atoms with Crippen LogP contribution in [-0.2, 0) is 14.4 Å². The van der Waals surface area contributed by atoms with Gasteiger partial charge in [0.05, 0.1) is 11.6 Å². The van der Waals surface area contributed by atoms with E-state index in [9.17, 15) is 9.18 Å². The highest BCUT2D eigenvalue weighted by molar-refractivity contribution is 5.77. The van der Waals surface area contributed by atoms with E-state index in [0.717, 1.165) is 24.1 Å². The molecule has 1 saturated carbocycles. The number of hydrogen-bond acceptors (Lipinski definition) is 5. The van der Waals surface area contributed by atoms with E-state index >= 15 is 0 Å². The molecule has 168 valence electrons. The van der Waals surface area contributed by atoms with Crippen molar-refractivity contribution in [2.75, 3.05) is 7.11 Å². The summed E-state index contributed by atoms with van der Waals surface area (Å²) >= 11 is 0. The van der Waals surface area contributed by atoms with Crippen molar-refractivity contribution in [3.8, 4) is 11.1 Å². The first kappa shape index (κ1) is 22.2. The van der Waals surface area contributed by atoms with Crippen LogP contribution in [0.1, 0.15) is 32.4 Å². The van der Waals surface area contributed by atoms with Crippen molar-refractivity contribution >= 4 is 18.3 Å². The number of cyclic esters (lactones) is 1. The van der Waals surface area contributed by atoms with Gasteiger partial charge in [0.1, 0.15) is 19.0 Å². The Kier molecular flexibility index (Phi) is 6.68. The van der Waals surface area contributed by atoms with E-state index in [1.54, 1.807) is 18.3 Å². The Morgan fingerprint density at radius 1 is 1.28 bits per heavy atom. The lowest BCUT2D eigenvalue weighted by Gasteiger charge is -2.41. The molecule has 1 saturated heterocycles. The molecular weight excluding hydrogens is 407 g/mol. The fourth-order valence-corrected chi connectivity index (χ4v) is 5.43. The van der Waals surface area contributed by atoms with Crippen molar-refractivity contribution in [2.24, 2.45) is 34.7 Å². The number of esters is 1. The smallest absolute Gasteiger partial charge is 0.309 e. The molecular formula is C26H29FN2O3. The molecule has 6 atom stereocenters. The molecule has 1 aliphatic heterocycles. The van der Waals surface area contributed by atoms with E-state index in [-0.39, 0.29) is 41.6 Å². The molecule has 5 nitrogen and oxygen atoms in total. The van der Waals surface area contributed by atoms with Crippen molar-refractivity contribution in [3.05, 3.63) is 60.2 Å². The van der Waals surface area contributed by atoms with Gasteiger partial charge in [-0.15, -0.1) is 0 Å². The molecule has 1 aromatic carbocycles. The van der Waals surface area contributed by atoms with E-state index < -0.39 is 0 Å². The summed E-state index contributed by atoms with van der Waals surface area (Å²) in [5, 5.41) is 4.01. The number of benzene rings is 1. The van der Waals surface area contributed by atoms with Crippen LogP contribution in [0.5, 0.6) is 0 Å². The molecule has 32 heavy (non-hydrogen) atoms. The molecule has 2 aliphatic rings. The first-order chi connectivity index (χ1) is 15.5. The molecule has 0 N–H and O–H groups in total. The minimum Gasteiger partial charge on any atom is -0.462 e. The van der Waals surface area contributed by atoms with Gasteiger partial charge in [0.2, 0.25) is 0 Å². The first-order valence-electron chi connectivity index (χ1n) is 11.2. The summed E-state index contributed by atoms with van der Waals surface area (Å²) in [5.41, 5.74) is 2.07. The number of nitrogens with zero attached hydrogens (tertiary/aromatic N) is 2. The Bertz CT molecular complexity index is 1000. The van der Waals surface area contributed by atoms with E-state index in [2.05, 4.69) is 23.1 Å². The van der Waals surface area contributed by atoms with Crippen molar-refractivity contribution in [3.63, 3.8) is 0 Å². The number of carbonyl (C=O) groups is 1. The molecule has 2 fully saturated rings. The predicted octanol–water partition coefficient (Wildman–Crippen LogP) is 5.37. The summed E-state index contributed by atoms with van der Waals surface area (Å²) in [6.07, 6.45) is 9.27. The summed E-state index contributed by atoms with van der Waals surface area (Å²) in [4.78, 5) is 21.9. The maximum atomic E-state index is 14.1. The number of pyridine rings is 1. The lowest BCUT2D eigenvalue weighted by atomic mass is 9.60. The van der Waals surface area contributed by atoms with Gasteiger partial charge >= 0.3 is 5.97 Å². The number of halogens is 1. The van der Waals surface area contributed by atoms with Gasteiger partial charge in [0.15, 0.2) is 0 Å². The molecule has 4 rings (SSSR count). The third-order valence-electron chi connectivity index (χ3n) is 6.92. The van der Waals surface area contributed by atoms with Crippen molar-refractivity contribution in [1.82, 2.24) is 4.98 Å². The third-order valence-corrected chi connectivity index (χ3v) is 6.92. The Morgan fingerprint density at radius 3 is 2.78 bits per heavy atom. The van der Waals surface area contributed by atoms with Crippen LogP contribution in [0.4, 0.5) is 4.39 Å². The minimum atomic E-state index is -0.264. The monoisotopic (exact) mass is 436 g/mol. The highest BCUT2D eigenvalue weighted by Crippen LogP contribution is 2.49. The Balaban J connectivity index is 1.60. The number of fused-ring (bicyclic) bond motifs is 1. The highest BCUT2D eigenvalue weighted by atomic mass is 19.1. The van der Waals surface area contributed by atoms with Crippen LogP contribution in [-0.4, -0.2) is 30.4 Å². The predicted molar refractivity (Wildman–Crippen MR) is 122 cm³/mol. The summed E-state index contributed by atoms with van der Waals surface area (Å²) in [7, 11) is 1.53. The molecule has 6 heteroatoms. The first-order valence-corrected chi connectivity index (χ1v) is 11.2. The molecule has 0 spiro atoms. The summed E-state index contributed by atoms with van der Waals surface area (Å²) < 4.78 is 19.7. The van der Waals surface area contributed by atoms with Crippen LogP contribution < -0.4 is 0 Å².